The summed E-state index contributed by atoms with van der Waals surface area (Å²) in [5.74, 6) is 0.228. The summed E-state index contributed by atoms with van der Waals surface area (Å²) >= 11 is 1.42. The van der Waals surface area contributed by atoms with Gasteiger partial charge in [-0.2, -0.15) is 9.67 Å². The Balaban J connectivity index is 1.75. The Morgan fingerprint density at radius 1 is 1.26 bits per heavy atom. The van der Waals surface area contributed by atoms with Crippen LogP contribution in [0.25, 0.3) is 0 Å². The van der Waals surface area contributed by atoms with Gasteiger partial charge >= 0.3 is 0 Å². The van der Waals surface area contributed by atoms with Crippen LogP contribution >= 0.6 is 11.8 Å². The van der Waals surface area contributed by atoms with Crippen molar-refractivity contribution in [1.82, 2.24) is 14.8 Å². The molecule has 7 heteroatoms. The summed E-state index contributed by atoms with van der Waals surface area (Å²) in [7, 11) is 0. The number of anilines is 1. The van der Waals surface area contributed by atoms with Gasteiger partial charge < -0.3 is 0 Å². The highest BCUT2D eigenvalue weighted by atomic mass is 32.2. The number of hydrogen-bond acceptors (Lipinski definition) is 5. The predicted octanol–water partition coefficient (Wildman–Crippen LogP) is 1.55. The lowest BCUT2D eigenvalue weighted by atomic mass is 10.2. The first kappa shape index (κ1) is 11.9. The van der Waals surface area contributed by atoms with E-state index in [-0.39, 0.29) is 24.2 Å². The Morgan fingerprint density at radius 3 is 2.84 bits per heavy atom. The smallest absolute Gasteiger partial charge is 0.259 e. The van der Waals surface area contributed by atoms with Crippen LogP contribution in [0.3, 0.4) is 0 Å². The SMILES string of the molecule is O=C1CC(=O)n2nc(SCc3ccccc3)nc2N1. The number of aromatic nitrogens is 3. The highest BCUT2D eigenvalue weighted by Gasteiger charge is 2.25. The average molecular weight is 274 g/mol. The van der Waals surface area contributed by atoms with Crippen LogP contribution in [-0.4, -0.2) is 26.6 Å². The Kier molecular flexibility index (Phi) is 3.04. The zero-order valence-corrected chi connectivity index (χ0v) is 10.7. The fourth-order valence-corrected chi connectivity index (χ4v) is 2.49. The third kappa shape index (κ3) is 2.50. The number of carbonyl (C=O) groups is 2. The number of rotatable bonds is 3. The molecule has 19 heavy (non-hydrogen) atoms. The maximum Gasteiger partial charge on any atom is 0.259 e. The zero-order valence-electron chi connectivity index (χ0n) is 9.87. The van der Waals surface area contributed by atoms with E-state index in [4.69, 9.17) is 0 Å². The lowest BCUT2D eigenvalue weighted by Crippen LogP contribution is -2.30. The number of thioether (sulfide) groups is 1. The summed E-state index contributed by atoms with van der Waals surface area (Å²) in [5, 5.41) is 7.09. The summed E-state index contributed by atoms with van der Waals surface area (Å²) in [4.78, 5) is 26.9. The van der Waals surface area contributed by atoms with Gasteiger partial charge in [0.25, 0.3) is 5.91 Å². The molecule has 0 unspecified atom stereocenters. The average Bonchev–Trinajstić information content (AvgIpc) is 2.81. The number of fused-ring (bicyclic) bond motifs is 1. The van der Waals surface area contributed by atoms with Crippen LogP contribution < -0.4 is 5.32 Å². The molecule has 0 atom stereocenters. The fourth-order valence-electron chi connectivity index (χ4n) is 1.71. The molecule has 1 N–H and O–H groups in total. The van der Waals surface area contributed by atoms with E-state index in [1.165, 1.54) is 11.8 Å². The van der Waals surface area contributed by atoms with Crippen LogP contribution in [0.15, 0.2) is 35.5 Å². The molecule has 1 aromatic carbocycles. The monoisotopic (exact) mass is 274 g/mol. The van der Waals surface area contributed by atoms with Gasteiger partial charge in [-0.15, -0.1) is 5.10 Å². The van der Waals surface area contributed by atoms with Crippen molar-refractivity contribution >= 4 is 29.5 Å². The van der Waals surface area contributed by atoms with Crippen LogP contribution in [0.1, 0.15) is 16.8 Å². The highest BCUT2D eigenvalue weighted by Crippen LogP contribution is 2.22. The summed E-state index contributed by atoms with van der Waals surface area (Å²) in [6.45, 7) is 0. The molecule has 1 aromatic heterocycles. The van der Waals surface area contributed by atoms with Crippen LogP contribution in [0.4, 0.5) is 5.95 Å². The standard InChI is InChI=1S/C12H10N4O2S/c17-9-6-10(18)16-11(13-9)14-12(15-16)19-7-8-4-2-1-3-5-8/h1-5H,6-7H2,(H,13,14,15,17). The highest BCUT2D eigenvalue weighted by molar-refractivity contribution is 7.98. The van der Waals surface area contributed by atoms with Crippen molar-refractivity contribution in [3.05, 3.63) is 35.9 Å². The van der Waals surface area contributed by atoms with E-state index >= 15 is 0 Å². The van der Waals surface area contributed by atoms with E-state index in [1.54, 1.807) is 0 Å². The maximum atomic E-state index is 11.6. The number of hydrogen-bond donors (Lipinski definition) is 1. The van der Waals surface area contributed by atoms with Gasteiger partial charge in [-0.3, -0.25) is 14.9 Å². The number of nitrogens with one attached hydrogen (secondary N) is 1. The third-order valence-electron chi connectivity index (χ3n) is 2.60. The number of amides is 1. The second kappa shape index (κ2) is 4.85. The first-order valence-electron chi connectivity index (χ1n) is 5.69. The number of carbonyl (C=O) groups excluding carboxylic acids is 2. The van der Waals surface area contributed by atoms with E-state index < -0.39 is 0 Å². The van der Waals surface area contributed by atoms with Gasteiger partial charge in [0.15, 0.2) is 0 Å². The Bertz CT molecular complexity index is 638. The lowest BCUT2D eigenvalue weighted by molar-refractivity contribution is -0.115. The molecular formula is C12H10N4O2S. The molecule has 1 amide bonds. The second-order valence-electron chi connectivity index (χ2n) is 4.02. The van der Waals surface area contributed by atoms with Crippen molar-refractivity contribution in [2.24, 2.45) is 0 Å². The quantitative estimate of drug-likeness (QED) is 0.679. The molecule has 0 saturated heterocycles. The summed E-state index contributed by atoms with van der Waals surface area (Å²) in [5.41, 5.74) is 1.15. The number of benzene rings is 1. The molecule has 2 aromatic rings. The van der Waals surface area contributed by atoms with E-state index in [2.05, 4.69) is 15.4 Å². The molecule has 0 saturated carbocycles. The Labute approximate surface area is 113 Å². The van der Waals surface area contributed by atoms with Crippen molar-refractivity contribution < 1.29 is 9.59 Å². The van der Waals surface area contributed by atoms with Crippen LogP contribution in [0.5, 0.6) is 0 Å². The van der Waals surface area contributed by atoms with Gasteiger partial charge in [0.1, 0.15) is 6.42 Å². The van der Waals surface area contributed by atoms with Crippen LogP contribution in [-0.2, 0) is 10.5 Å². The molecule has 0 spiro atoms. The van der Waals surface area contributed by atoms with Gasteiger partial charge in [0.2, 0.25) is 17.0 Å². The molecule has 0 radical (unpaired) electrons. The van der Waals surface area contributed by atoms with Gasteiger partial charge in [0.05, 0.1) is 0 Å². The molecule has 2 heterocycles. The third-order valence-corrected chi connectivity index (χ3v) is 3.51. The predicted molar refractivity (Wildman–Crippen MR) is 69.9 cm³/mol. The van der Waals surface area contributed by atoms with Crippen LogP contribution in [0.2, 0.25) is 0 Å². The van der Waals surface area contributed by atoms with E-state index in [1.807, 2.05) is 30.3 Å². The van der Waals surface area contributed by atoms with E-state index in [9.17, 15) is 9.59 Å². The summed E-state index contributed by atoms with van der Waals surface area (Å²) < 4.78 is 1.15. The maximum absolute atomic E-state index is 11.6. The first-order chi connectivity index (χ1) is 9.22. The first-order valence-corrected chi connectivity index (χ1v) is 6.68. The van der Waals surface area contributed by atoms with Crippen molar-refractivity contribution in [3.8, 4) is 0 Å². The van der Waals surface area contributed by atoms with Crippen molar-refractivity contribution in [2.75, 3.05) is 5.32 Å². The normalized spacial score (nSPS) is 14.1. The molecule has 0 bridgehead atoms. The molecular weight excluding hydrogens is 264 g/mol. The van der Waals surface area contributed by atoms with E-state index in [0.717, 1.165) is 10.2 Å². The molecule has 3 rings (SSSR count). The van der Waals surface area contributed by atoms with Crippen LogP contribution in [0, 0.1) is 0 Å². The molecule has 0 fully saturated rings. The Hall–Kier alpha value is -2.15. The molecule has 6 nitrogen and oxygen atoms in total. The van der Waals surface area contributed by atoms with Gasteiger partial charge in [-0.1, -0.05) is 42.1 Å². The van der Waals surface area contributed by atoms with Gasteiger partial charge in [-0.25, -0.2) is 0 Å². The fraction of sp³-hybridized carbons (Fsp3) is 0.167. The Morgan fingerprint density at radius 2 is 2.05 bits per heavy atom. The minimum absolute atomic E-state index is 0.181. The molecule has 1 aliphatic heterocycles. The van der Waals surface area contributed by atoms with Gasteiger partial charge in [-0.05, 0) is 5.56 Å². The van der Waals surface area contributed by atoms with Crippen molar-refractivity contribution in [3.63, 3.8) is 0 Å². The largest absolute Gasteiger partial charge is 0.294 e. The minimum Gasteiger partial charge on any atom is -0.294 e. The number of nitrogens with zero attached hydrogens (tertiary/aromatic N) is 3. The molecule has 0 aliphatic carbocycles. The lowest BCUT2D eigenvalue weighted by Gasteiger charge is -2.09. The zero-order chi connectivity index (χ0) is 13.2. The van der Waals surface area contributed by atoms with E-state index in [0.29, 0.717) is 10.9 Å². The minimum atomic E-state index is -0.349. The van der Waals surface area contributed by atoms with Crippen molar-refractivity contribution in [2.45, 2.75) is 17.3 Å². The second-order valence-corrected chi connectivity index (χ2v) is 4.97. The summed E-state index contributed by atoms with van der Waals surface area (Å²) in [6, 6.07) is 9.90. The molecule has 1 aliphatic rings. The van der Waals surface area contributed by atoms with Crippen molar-refractivity contribution in [1.29, 1.82) is 0 Å². The summed E-state index contributed by atoms with van der Waals surface area (Å²) in [6.07, 6.45) is -0.181. The molecule has 96 valence electrons. The van der Waals surface area contributed by atoms with Gasteiger partial charge in [0, 0.05) is 5.75 Å². The topological polar surface area (TPSA) is 76.9 Å².